The van der Waals surface area contributed by atoms with Gasteiger partial charge in [0.05, 0.1) is 6.61 Å². The van der Waals surface area contributed by atoms with Crippen molar-refractivity contribution in [1.82, 2.24) is 10.3 Å². The normalized spacial score (nSPS) is 12.1. The Morgan fingerprint density at radius 2 is 1.95 bits per heavy atom. The van der Waals surface area contributed by atoms with Gasteiger partial charge in [-0.3, -0.25) is 4.98 Å². The van der Waals surface area contributed by atoms with Gasteiger partial charge in [0.2, 0.25) is 0 Å². The first kappa shape index (κ1) is 15.5. The van der Waals surface area contributed by atoms with Crippen LogP contribution in [0, 0.1) is 6.92 Å². The molecule has 1 aromatic heterocycles. The highest BCUT2D eigenvalue weighted by atomic mass is 16.5. The zero-order chi connectivity index (χ0) is 15.1. The maximum absolute atomic E-state index is 5.61. The fraction of sp³-hybridized carbons (Fsp3) is 0.389. The first-order chi connectivity index (χ1) is 10.2. The van der Waals surface area contributed by atoms with Crippen molar-refractivity contribution in [3.63, 3.8) is 0 Å². The molecule has 2 rings (SSSR count). The third kappa shape index (κ3) is 4.57. The van der Waals surface area contributed by atoms with Crippen LogP contribution in [0.4, 0.5) is 0 Å². The number of benzene rings is 1. The highest BCUT2D eigenvalue weighted by Gasteiger charge is 2.06. The van der Waals surface area contributed by atoms with E-state index in [1.54, 1.807) is 0 Å². The summed E-state index contributed by atoms with van der Waals surface area (Å²) in [7, 11) is 0. The van der Waals surface area contributed by atoms with Crippen molar-refractivity contribution < 1.29 is 4.74 Å². The number of ether oxygens (including phenoxy) is 1. The van der Waals surface area contributed by atoms with Gasteiger partial charge < -0.3 is 10.1 Å². The molecule has 1 heterocycles. The minimum Gasteiger partial charge on any atom is -0.494 e. The van der Waals surface area contributed by atoms with E-state index in [1.165, 1.54) is 16.7 Å². The number of hydrogen-bond donors (Lipinski definition) is 1. The number of nitrogens with zero attached hydrogens (tertiary/aromatic N) is 1. The Hall–Kier alpha value is -1.87. The fourth-order valence-electron chi connectivity index (χ4n) is 2.14. The summed E-state index contributed by atoms with van der Waals surface area (Å²) < 4.78 is 5.61. The molecule has 0 radical (unpaired) electrons. The highest BCUT2D eigenvalue weighted by Crippen LogP contribution is 2.18. The quantitative estimate of drug-likeness (QED) is 0.833. The van der Waals surface area contributed by atoms with Crippen molar-refractivity contribution >= 4 is 0 Å². The van der Waals surface area contributed by atoms with E-state index in [-0.39, 0.29) is 0 Å². The molecule has 0 bridgehead atoms. The molecule has 2 aromatic rings. The Labute approximate surface area is 127 Å². The zero-order valence-corrected chi connectivity index (χ0v) is 13.1. The molecule has 0 aliphatic carbocycles. The molecule has 3 heteroatoms. The third-order valence-electron chi connectivity index (χ3n) is 3.60. The van der Waals surface area contributed by atoms with Gasteiger partial charge in [-0.1, -0.05) is 19.1 Å². The molecule has 1 unspecified atom stereocenters. The van der Waals surface area contributed by atoms with Crippen LogP contribution in [-0.4, -0.2) is 11.6 Å². The number of aryl methyl sites for hydroxylation is 1. The molecular formula is C18H24N2O. The summed E-state index contributed by atoms with van der Waals surface area (Å²) in [6.45, 7) is 8.00. The van der Waals surface area contributed by atoms with Crippen molar-refractivity contribution in [2.24, 2.45) is 0 Å². The van der Waals surface area contributed by atoms with E-state index in [4.69, 9.17) is 4.74 Å². The predicted octanol–water partition coefficient (Wildman–Crippen LogP) is 4.03. The third-order valence-corrected chi connectivity index (χ3v) is 3.60. The number of rotatable bonds is 7. The molecule has 0 fully saturated rings. The molecule has 0 aliphatic heterocycles. The summed E-state index contributed by atoms with van der Waals surface area (Å²) in [5, 5.41) is 3.54. The molecular weight excluding hydrogens is 260 g/mol. The van der Waals surface area contributed by atoms with Crippen LogP contribution < -0.4 is 10.1 Å². The van der Waals surface area contributed by atoms with Crippen LogP contribution >= 0.6 is 0 Å². The van der Waals surface area contributed by atoms with Crippen molar-refractivity contribution in [2.45, 2.75) is 39.8 Å². The molecule has 0 amide bonds. The Morgan fingerprint density at radius 3 is 2.62 bits per heavy atom. The van der Waals surface area contributed by atoms with E-state index in [0.29, 0.717) is 6.04 Å². The fourth-order valence-corrected chi connectivity index (χ4v) is 2.14. The first-order valence-corrected chi connectivity index (χ1v) is 7.56. The van der Waals surface area contributed by atoms with E-state index >= 15 is 0 Å². The van der Waals surface area contributed by atoms with Gasteiger partial charge in [0.25, 0.3) is 0 Å². The number of pyridine rings is 1. The van der Waals surface area contributed by atoms with E-state index in [2.05, 4.69) is 43.2 Å². The van der Waals surface area contributed by atoms with E-state index in [0.717, 1.165) is 25.3 Å². The number of nitrogens with one attached hydrogen (secondary N) is 1. The lowest BCUT2D eigenvalue weighted by molar-refractivity contribution is 0.317. The minimum absolute atomic E-state index is 0.296. The minimum atomic E-state index is 0.296. The van der Waals surface area contributed by atoms with Crippen molar-refractivity contribution in [1.29, 1.82) is 0 Å². The molecule has 1 aromatic carbocycles. The van der Waals surface area contributed by atoms with Gasteiger partial charge in [0.15, 0.2) is 0 Å². The monoisotopic (exact) mass is 284 g/mol. The smallest absolute Gasteiger partial charge is 0.119 e. The second kappa shape index (κ2) is 7.79. The van der Waals surface area contributed by atoms with Crippen LogP contribution in [0.2, 0.25) is 0 Å². The van der Waals surface area contributed by atoms with Crippen molar-refractivity contribution in [3.8, 4) is 5.75 Å². The lowest BCUT2D eigenvalue weighted by Crippen LogP contribution is -2.18. The summed E-state index contributed by atoms with van der Waals surface area (Å²) in [6, 6.07) is 10.7. The van der Waals surface area contributed by atoms with E-state index in [9.17, 15) is 0 Å². The molecule has 0 spiro atoms. The van der Waals surface area contributed by atoms with Gasteiger partial charge in [0, 0.05) is 25.0 Å². The van der Waals surface area contributed by atoms with Crippen LogP contribution in [0.5, 0.6) is 5.75 Å². The molecule has 0 aliphatic rings. The SMILES string of the molecule is CCCOc1ccc(C(C)NCc2cnccc2C)cc1. The number of hydrogen-bond acceptors (Lipinski definition) is 3. The zero-order valence-electron chi connectivity index (χ0n) is 13.1. The number of aromatic nitrogens is 1. The predicted molar refractivity (Wildman–Crippen MR) is 86.5 cm³/mol. The molecule has 1 atom stereocenters. The Balaban J connectivity index is 1.91. The summed E-state index contributed by atoms with van der Waals surface area (Å²) in [5.74, 6) is 0.941. The van der Waals surface area contributed by atoms with Gasteiger partial charge in [-0.15, -0.1) is 0 Å². The van der Waals surface area contributed by atoms with Crippen LogP contribution in [-0.2, 0) is 6.54 Å². The molecule has 0 saturated heterocycles. The summed E-state index contributed by atoms with van der Waals surface area (Å²) in [5.41, 5.74) is 3.78. The van der Waals surface area contributed by atoms with Crippen LogP contribution in [0.15, 0.2) is 42.7 Å². The first-order valence-electron chi connectivity index (χ1n) is 7.56. The maximum Gasteiger partial charge on any atom is 0.119 e. The Morgan fingerprint density at radius 1 is 1.19 bits per heavy atom. The summed E-state index contributed by atoms with van der Waals surface area (Å²) >= 11 is 0. The lowest BCUT2D eigenvalue weighted by Gasteiger charge is -2.15. The van der Waals surface area contributed by atoms with Crippen LogP contribution in [0.25, 0.3) is 0 Å². The Bertz CT molecular complexity index is 551. The van der Waals surface area contributed by atoms with Gasteiger partial charge in [-0.25, -0.2) is 0 Å². The highest BCUT2D eigenvalue weighted by molar-refractivity contribution is 5.29. The van der Waals surface area contributed by atoms with Gasteiger partial charge in [-0.05, 0) is 55.2 Å². The topological polar surface area (TPSA) is 34.1 Å². The van der Waals surface area contributed by atoms with Gasteiger partial charge >= 0.3 is 0 Å². The van der Waals surface area contributed by atoms with Gasteiger partial charge in [-0.2, -0.15) is 0 Å². The van der Waals surface area contributed by atoms with Crippen molar-refractivity contribution in [2.75, 3.05) is 6.61 Å². The molecule has 0 saturated carbocycles. The molecule has 3 nitrogen and oxygen atoms in total. The Kier molecular flexibility index (Phi) is 5.76. The molecule has 1 N–H and O–H groups in total. The van der Waals surface area contributed by atoms with Gasteiger partial charge in [0.1, 0.15) is 5.75 Å². The van der Waals surface area contributed by atoms with Crippen LogP contribution in [0.1, 0.15) is 43.0 Å². The maximum atomic E-state index is 5.61. The van der Waals surface area contributed by atoms with Crippen molar-refractivity contribution in [3.05, 3.63) is 59.4 Å². The van der Waals surface area contributed by atoms with E-state index in [1.807, 2.05) is 30.6 Å². The molecule has 112 valence electrons. The second-order valence-corrected chi connectivity index (χ2v) is 5.32. The second-order valence-electron chi connectivity index (χ2n) is 5.32. The summed E-state index contributed by atoms with van der Waals surface area (Å²) in [6.07, 6.45) is 4.79. The molecule has 21 heavy (non-hydrogen) atoms. The average Bonchev–Trinajstić information content (AvgIpc) is 2.52. The standard InChI is InChI=1S/C18H24N2O/c1-4-11-21-18-7-5-16(6-8-18)15(3)20-13-17-12-19-10-9-14(17)2/h5-10,12,15,20H,4,11,13H2,1-3H3. The summed E-state index contributed by atoms with van der Waals surface area (Å²) in [4.78, 5) is 4.18. The average molecular weight is 284 g/mol. The lowest BCUT2D eigenvalue weighted by atomic mass is 10.1. The largest absolute Gasteiger partial charge is 0.494 e. The van der Waals surface area contributed by atoms with Crippen LogP contribution in [0.3, 0.4) is 0 Å². The van der Waals surface area contributed by atoms with E-state index < -0.39 is 0 Å².